The summed E-state index contributed by atoms with van der Waals surface area (Å²) in [5.74, 6) is 1.21. The lowest BCUT2D eigenvalue weighted by atomic mass is 10.2. The fourth-order valence-electron chi connectivity index (χ4n) is 1.71. The quantitative estimate of drug-likeness (QED) is 0.511. The molecule has 0 spiro atoms. The fourth-order valence-corrected chi connectivity index (χ4v) is 2.75. The Morgan fingerprint density at radius 3 is 2.35 bits per heavy atom. The molecular weight excluding hydrogens is 303 g/mol. The van der Waals surface area contributed by atoms with Gasteiger partial charge in [-0.2, -0.15) is 24.9 Å². The highest BCUT2D eigenvalue weighted by atomic mass is 32.2. The standard InChI is InChI=1S/C14H20F3NS2/c1-19-10-4-2-3-9-18-11-12-5-7-13(8-6-12)20-14(15,16)17/h5-8,18H,2-4,9-11H2,1H3. The number of alkyl halides is 3. The molecule has 6 heteroatoms. The van der Waals surface area contributed by atoms with Crippen molar-refractivity contribution in [2.45, 2.75) is 36.2 Å². The van der Waals surface area contributed by atoms with Crippen LogP contribution in [-0.4, -0.2) is 24.1 Å². The average molecular weight is 323 g/mol. The van der Waals surface area contributed by atoms with Gasteiger partial charge in [-0.3, -0.25) is 0 Å². The summed E-state index contributed by atoms with van der Waals surface area (Å²) < 4.78 is 36.5. The van der Waals surface area contributed by atoms with E-state index < -0.39 is 5.51 Å². The molecule has 1 aromatic rings. The third-order valence-electron chi connectivity index (χ3n) is 2.69. The second-order valence-corrected chi connectivity index (χ2v) is 6.55. The second kappa shape index (κ2) is 9.58. The third kappa shape index (κ3) is 8.76. The minimum absolute atomic E-state index is 0.0734. The first-order chi connectivity index (χ1) is 9.51. The van der Waals surface area contributed by atoms with E-state index >= 15 is 0 Å². The predicted octanol–water partition coefficient (Wildman–Crippen LogP) is 4.92. The molecule has 0 fully saturated rings. The van der Waals surface area contributed by atoms with Crippen LogP contribution < -0.4 is 5.32 Å². The summed E-state index contributed by atoms with van der Waals surface area (Å²) >= 11 is 1.79. The van der Waals surface area contributed by atoms with Gasteiger partial charge in [0.25, 0.3) is 0 Å². The molecule has 1 rings (SSSR count). The van der Waals surface area contributed by atoms with Crippen LogP contribution in [0.25, 0.3) is 0 Å². The van der Waals surface area contributed by atoms with Gasteiger partial charge in [0.05, 0.1) is 0 Å². The summed E-state index contributed by atoms with van der Waals surface area (Å²) in [6.07, 6.45) is 5.71. The monoisotopic (exact) mass is 323 g/mol. The lowest BCUT2D eigenvalue weighted by molar-refractivity contribution is -0.0328. The van der Waals surface area contributed by atoms with Crippen LogP contribution in [0.5, 0.6) is 0 Å². The van der Waals surface area contributed by atoms with Crippen LogP contribution in [0.15, 0.2) is 29.2 Å². The number of halogens is 3. The maximum atomic E-state index is 12.2. The Kier molecular flexibility index (Phi) is 8.49. The molecule has 0 radical (unpaired) electrons. The number of hydrogen-bond donors (Lipinski definition) is 1. The average Bonchev–Trinajstić information content (AvgIpc) is 2.38. The van der Waals surface area contributed by atoms with Crippen molar-refractivity contribution in [1.82, 2.24) is 5.32 Å². The molecule has 114 valence electrons. The van der Waals surface area contributed by atoms with Gasteiger partial charge in [-0.25, -0.2) is 0 Å². The highest BCUT2D eigenvalue weighted by Crippen LogP contribution is 2.36. The van der Waals surface area contributed by atoms with Gasteiger partial charge in [-0.05, 0) is 60.9 Å². The SMILES string of the molecule is CSCCCCCNCc1ccc(SC(F)(F)F)cc1. The van der Waals surface area contributed by atoms with Crippen LogP contribution >= 0.6 is 23.5 Å². The highest BCUT2D eigenvalue weighted by Gasteiger charge is 2.28. The summed E-state index contributed by atoms with van der Waals surface area (Å²) in [6.45, 7) is 1.66. The van der Waals surface area contributed by atoms with Gasteiger partial charge in [-0.15, -0.1) is 0 Å². The Bertz CT molecular complexity index is 366. The number of rotatable bonds is 9. The largest absolute Gasteiger partial charge is 0.446 e. The van der Waals surface area contributed by atoms with E-state index in [2.05, 4.69) is 11.6 Å². The van der Waals surface area contributed by atoms with Crippen LogP contribution in [0.2, 0.25) is 0 Å². The van der Waals surface area contributed by atoms with Crippen molar-refractivity contribution in [1.29, 1.82) is 0 Å². The first-order valence-electron chi connectivity index (χ1n) is 6.55. The Hall–Kier alpha value is -0.330. The van der Waals surface area contributed by atoms with E-state index in [0.29, 0.717) is 6.54 Å². The topological polar surface area (TPSA) is 12.0 Å². The summed E-state index contributed by atoms with van der Waals surface area (Å²) in [4.78, 5) is 0.235. The lowest BCUT2D eigenvalue weighted by Crippen LogP contribution is -2.14. The minimum atomic E-state index is -4.21. The first kappa shape index (κ1) is 17.7. The van der Waals surface area contributed by atoms with E-state index in [9.17, 15) is 13.2 Å². The van der Waals surface area contributed by atoms with E-state index in [-0.39, 0.29) is 16.7 Å². The van der Waals surface area contributed by atoms with Crippen molar-refractivity contribution in [2.75, 3.05) is 18.6 Å². The zero-order valence-corrected chi connectivity index (χ0v) is 13.1. The van der Waals surface area contributed by atoms with Crippen molar-refractivity contribution < 1.29 is 13.2 Å². The number of nitrogens with one attached hydrogen (secondary N) is 1. The van der Waals surface area contributed by atoms with E-state index in [4.69, 9.17) is 0 Å². The first-order valence-corrected chi connectivity index (χ1v) is 8.76. The van der Waals surface area contributed by atoms with Gasteiger partial charge in [0.15, 0.2) is 0 Å². The molecule has 0 atom stereocenters. The fraction of sp³-hybridized carbons (Fsp3) is 0.571. The highest BCUT2D eigenvalue weighted by molar-refractivity contribution is 8.00. The number of thioether (sulfide) groups is 2. The predicted molar refractivity (Wildman–Crippen MR) is 82.3 cm³/mol. The summed E-state index contributed by atoms with van der Waals surface area (Å²) in [5, 5.41) is 3.31. The Morgan fingerprint density at radius 1 is 1.05 bits per heavy atom. The van der Waals surface area contributed by atoms with Crippen LogP contribution in [0.4, 0.5) is 13.2 Å². The van der Waals surface area contributed by atoms with E-state index in [1.54, 1.807) is 12.1 Å². The molecule has 1 aromatic carbocycles. The molecule has 0 saturated carbocycles. The van der Waals surface area contributed by atoms with Crippen LogP contribution in [0.3, 0.4) is 0 Å². The maximum Gasteiger partial charge on any atom is 0.446 e. The van der Waals surface area contributed by atoms with Crippen molar-refractivity contribution in [3.8, 4) is 0 Å². The molecule has 0 aliphatic heterocycles. The number of benzene rings is 1. The van der Waals surface area contributed by atoms with E-state index in [1.807, 2.05) is 11.8 Å². The van der Waals surface area contributed by atoms with Gasteiger partial charge < -0.3 is 5.32 Å². The van der Waals surface area contributed by atoms with E-state index in [1.165, 1.54) is 30.7 Å². The molecule has 1 N–H and O–H groups in total. The molecule has 1 nitrogen and oxygen atoms in total. The molecule has 20 heavy (non-hydrogen) atoms. The van der Waals surface area contributed by atoms with Crippen LogP contribution in [0.1, 0.15) is 24.8 Å². The Labute approximate surface area is 127 Å². The van der Waals surface area contributed by atoms with Crippen molar-refractivity contribution in [3.63, 3.8) is 0 Å². The zero-order valence-electron chi connectivity index (χ0n) is 11.5. The van der Waals surface area contributed by atoms with Gasteiger partial charge in [0, 0.05) is 11.4 Å². The summed E-state index contributed by atoms with van der Waals surface area (Å²) in [5.41, 5.74) is -3.20. The molecule has 0 saturated heterocycles. The van der Waals surface area contributed by atoms with Gasteiger partial charge in [0.2, 0.25) is 0 Å². The normalized spacial score (nSPS) is 11.8. The smallest absolute Gasteiger partial charge is 0.313 e. The minimum Gasteiger partial charge on any atom is -0.313 e. The maximum absolute atomic E-state index is 12.2. The summed E-state index contributed by atoms with van der Waals surface area (Å²) in [6, 6.07) is 6.53. The van der Waals surface area contributed by atoms with Gasteiger partial charge in [0.1, 0.15) is 0 Å². The molecule has 0 heterocycles. The Morgan fingerprint density at radius 2 is 1.75 bits per heavy atom. The Balaban J connectivity index is 2.18. The number of unbranched alkanes of at least 4 members (excludes halogenated alkanes) is 2. The molecule has 0 aromatic heterocycles. The van der Waals surface area contributed by atoms with Crippen LogP contribution in [0, 0.1) is 0 Å². The van der Waals surface area contributed by atoms with E-state index in [0.717, 1.165) is 18.5 Å². The molecule has 0 aliphatic carbocycles. The van der Waals surface area contributed by atoms with Gasteiger partial charge in [-0.1, -0.05) is 18.6 Å². The van der Waals surface area contributed by atoms with Crippen molar-refractivity contribution >= 4 is 23.5 Å². The van der Waals surface area contributed by atoms with Crippen LogP contribution in [-0.2, 0) is 6.54 Å². The van der Waals surface area contributed by atoms with Crippen molar-refractivity contribution in [3.05, 3.63) is 29.8 Å². The molecule has 0 unspecified atom stereocenters. The number of hydrogen-bond acceptors (Lipinski definition) is 3. The molecular formula is C14H20F3NS2. The third-order valence-corrected chi connectivity index (χ3v) is 4.12. The zero-order chi connectivity index (χ0) is 14.8. The summed E-state index contributed by atoms with van der Waals surface area (Å²) in [7, 11) is 0. The van der Waals surface area contributed by atoms with Crippen molar-refractivity contribution in [2.24, 2.45) is 0 Å². The molecule has 0 aliphatic rings. The lowest BCUT2D eigenvalue weighted by Gasteiger charge is -2.07. The second-order valence-electron chi connectivity index (χ2n) is 4.42. The molecule has 0 bridgehead atoms. The van der Waals surface area contributed by atoms with Gasteiger partial charge >= 0.3 is 5.51 Å². The molecule has 0 amide bonds.